The number of allylic oxidation sites excluding steroid dienone is 1. The van der Waals surface area contributed by atoms with Crippen molar-refractivity contribution < 1.29 is 31.4 Å². The second-order valence-electron chi connectivity index (χ2n) is 1.79. The summed E-state index contributed by atoms with van der Waals surface area (Å²) in [4.78, 5) is 0. The minimum absolute atomic E-state index is 0.579. The summed E-state index contributed by atoms with van der Waals surface area (Å²) < 4.78 is 69.0. The minimum Gasteiger partial charge on any atom is -0.361 e. The summed E-state index contributed by atoms with van der Waals surface area (Å²) >= 11 is 0. The lowest BCUT2D eigenvalue weighted by atomic mass is 10.2. The number of rotatable bonds is 2. The van der Waals surface area contributed by atoms with E-state index in [1.807, 2.05) is 0 Å². The van der Waals surface area contributed by atoms with E-state index >= 15 is 0 Å². The molecule has 0 radical (unpaired) electrons. The summed E-state index contributed by atoms with van der Waals surface area (Å²) in [6, 6.07) is 0. The smallest absolute Gasteiger partial charge is 0.361 e. The van der Waals surface area contributed by atoms with Gasteiger partial charge < -0.3 is 5.11 Å². The molecule has 1 atom stereocenters. The van der Waals surface area contributed by atoms with Crippen molar-refractivity contribution in [2.24, 2.45) is 0 Å². The molecule has 7 heteroatoms. The fourth-order valence-electron chi connectivity index (χ4n) is 0.439. The molecule has 0 amide bonds. The number of aliphatic hydroxyl groups is 1. The number of hydrogen-bond acceptors (Lipinski definition) is 1. The van der Waals surface area contributed by atoms with E-state index in [9.17, 15) is 26.3 Å². The van der Waals surface area contributed by atoms with Crippen molar-refractivity contribution in [3.05, 3.63) is 11.6 Å². The Bertz CT molecular complexity index is 169. The Hall–Kier alpha value is -0.720. The monoisotopic (exact) mass is 194 g/mol. The highest BCUT2D eigenvalue weighted by Crippen LogP contribution is 2.30. The molecule has 1 unspecified atom stereocenters. The van der Waals surface area contributed by atoms with Crippen molar-refractivity contribution in [2.45, 2.75) is 19.0 Å². The van der Waals surface area contributed by atoms with Gasteiger partial charge in [0.05, 0.1) is 5.57 Å². The van der Waals surface area contributed by atoms with Gasteiger partial charge in [-0.25, -0.2) is 13.2 Å². The van der Waals surface area contributed by atoms with Crippen molar-refractivity contribution in [1.29, 1.82) is 0 Å². The van der Waals surface area contributed by atoms with Crippen molar-refractivity contribution in [3.8, 4) is 0 Å². The van der Waals surface area contributed by atoms with E-state index in [0.717, 1.165) is 0 Å². The molecule has 72 valence electrons. The van der Waals surface area contributed by atoms with Gasteiger partial charge in [-0.3, -0.25) is 0 Å². The Labute approximate surface area is 63.3 Å². The molecule has 0 saturated heterocycles. The Morgan fingerprint density at radius 2 is 1.58 bits per heavy atom. The second-order valence-corrected chi connectivity index (χ2v) is 1.79. The van der Waals surface area contributed by atoms with Gasteiger partial charge in [0, 0.05) is 0 Å². The molecular formula is C5H4F6O. The first-order valence-electron chi connectivity index (χ1n) is 2.64. The lowest BCUT2D eigenvalue weighted by Crippen LogP contribution is -2.19. The zero-order chi connectivity index (χ0) is 9.94. The van der Waals surface area contributed by atoms with Crippen molar-refractivity contribution in [1.82, 2.24) is 0 Å². The van der Waals surface area contributed by atoms with Gasteiger partial charge >= 0.3 is 6.18 Å². The number of hydrogen-bond donors (Lipinski definition) is 1. The third-order valence-corrected chi connectivity index (χ3v) is 0.880. The van der Waals surface area contributed by atoms with E-state index in [2.05, 4.69) is 0 Å². The summed E-state index contributed by atoms with van der Waals surface area (Å²) in [6.07, 6.45) is -12.8. The van der Waals surface area contributed by atoms with E-state index in [0.29, 0.717) is 0 Å². The van der Waals surface area contributed by atoms with Gasteiger partial charge in [-0.15, -0.1) is 0 Å². The summed E-state index contributed by atoms with van der Waals surface area (Å²) in [5, 5.41) is 7.76. The maximum atomic E-state index is 11.5. The molecule has 0 fully saturated rings. The van der Waals surface area contributed by atoms with Crippen LogP contribution in [0.3, 0.4) is 0 Å². The molecule has 0 aliphatic heterocycles. The molecule has 0 bridgehead atoms. The third kappa shape index (κ3) is 3.61. The maximum absolute atomic E-state index is 11.5. The van der Waals surface area contributed by atoms with Crippen LogP contribution in [0.25, 0.3) is 0 Å². The minimum atomic E-state index is -5.32. The van der Waals surface area contributed by atoms with E-state index in [-0.39, 0.29) is 0 Å². The van der Waals surface area contributed by atoms with Gasteiger partial charge in [0.1, 0.15) is 0 Å². The topological polar surface area (TPSA) is 20.2 Å². The van der Waals surface area contributed by atoms with Crippen LogP contribution in [-0.4, -0.2) is 24.1 Å². The molecule has 0 aromatic carbocycles. The van der Waals surface area contributed by atoms with Crippen LogP contribution in [-0.2, 0) is 0 Å². The van der Waals surface area contributed by atoms with Crippen LogP contribution < -0.4 is 0 Å². The highest BCUT2D eigenvalue weighted by atomic mass is 19.4. The number of halogens is 6. The van der Waals surface area contributed by atoms with Crippen LogP contribution in [0.5, 0.6) is 0 Å². The molecule has 0 aliphatic carbocycles. The van der Waals surface area contributed by atoms with Crippen LogP contribution in [0, 0.1) is 0 Å². The Morgan fingerprint density at radius 1 is 1.17 bits per heavy atom. The molecular weight excluding hydrogens is 190 g/mol. The summed E-state index contributed by atoms with van der Waals surface area (Å²) in [5.41, 5.74) is -2.38. The zero-order valence-corrected chi connectivity index (χ0v) is 5.45. The highest BCUT2D eigenvalue weighted by molar-refractivity contribution is 5.12. The molecule has 0 aromatic heterocycles. The predicted molar refractivity (Wildman–Crippen MR) is 27.3 cm³/mol. The molecule has 0 aromatic rings. The lowest BCUT2D eigenvalue weighted by Gasteiger charge is -2.10. The largest absolute Gasteiger partial charge is 0.418 e. The van der Waals surface area contributed by atoms with E-state index in [1.54, 1.807) is 0 Å². The average Bonchev–Trinajstić information content (AvgIpc) is 1.79. The normalized spacial score (nSPS) is 16.8. The Balaban J connectivity index is 4.68. The van der Waals surface area contributed by atoms with Crippen LogP contribution in [0.4, 0.5) is 26.3 Å². The molecule has 0 spiro atoms. The van der Waals surface area contributed by atoms with Gasteiger partial charge in [-0.05, 0) is 6.08 Å². The lowest BCUT2D eigenvalue weighted by molar-refractivity contribution is -0.110. The molecule has 0 rings (SSSR count). The van der Waals surface area contributed by atoms with Gasteiger partial charge in [0.15, 0.2) is 0 Å². The number of alkyl halides is 6. The quantitative estimate of drug-likeness (QED) is 0.526. The van der Waals surface area contributed by atoms with Gasteiger partial charge in [-0.2, -0.15) is 13.2 Å². The van der Waals surface area contributed by atoms with Crippen LogP contribution in [0.15, 0.2) is 11.6 Å². The fraction of sp³-hybridized carbons (Fsp3) is 0.600. The molecule has 0 heterocycles. The zero-order valence-electron chi connectivity index (χ0n) is 5.45. The SMILES string of the molecule is OC(F)/C=C(\C(F)F)C(F)(F)F. The average molecular weight is 194 g/mol. The van der Waals surface area contributed by atoms with Gasteiger partial charge in [0.25, 0.3) is 6.43 Å². The molecule has 1 nitrogen and oxygen atoms in total. The third-order valence-electron chi connectivity index (χ3n) is 0.880. The molecule has 0 aliphatic rings. The van der Waals surface area contributed by atoms with Gasteiger partial charge in [-0.1, -0.05) is 0 Å². The van der Waals surface area contributed by atoms with E-state index < -0.39 is 30.6 Å². The van der Waals surface area contributed by atoms with Crippen LogP contribution in [0.1, 0.15) is 0 Å². The Kier molecular flexibility index (Phi) is 3.56. The highest BCUT2D eigenvalue weighted by Gasteiger charge is 2.39. The second kappa shape index (κ2) is 3.79. The van der Waals surface area contributed by atoms with Crippen LogP contribution >= 0.6 is 0 Å². The summed E-state index contributed by atoms with van der Waals surface area (Å²) in [5.74, 6) is 0. The first kappa shape index (κ1) is 11.3. The fourth-order valence-corrected chi connectivity index (χ4v) is 0.439. The first-order valence-corrected chi connectivity index (χ1v) is 2.64. The molecule has 0 saturated carbocycles. The standard InChI is InChI=1S/C5H4F6O/c6-3(12)1-2(4(7)8)5(9,10)11/h1,3-4,12H/b2-1+. The van der Waals surface area contributed by atoms with Crippen molar-refractivity contribution in [2.75, 3.05) is 0 Å². The summed E-state index contributed by atoms with van der Waals surface area (Å²) in [7, 11) is 0. The van der Waals surface area contributed by atoms with Crippen molar-refractivity contribution >= 4 is 0 Å². The molecule has 1 N–H and O–H groups in total. The maximum Gasteiger partial charge on any atom is 0.418 e. The summed E-state index contributed by atoms with van der Waals surface area (Å²) in [6.45, 7) is 0. The van der Waals surface area contributed by atoms with Crippen LogP contribution in [0.2, 0.25) is 0 Å². The number of aliphatic hydroxyl groups excluding tert-OH is 1. The Morgan fingerprint density at radius 3 is 1.67 bits per heavy atom. The van der Waals surface area contributed by atoms with Crippen molar-refractivity contribution in [3.63, 3.8) is 0 Å². The van der Waals surface area contributed by atoms with E-state index in [1.165, 1.54) is 0 Å². The molecule has 12 heavy (non-hydrogen) atoms. The predicted octanol–water partition coefficient (Wildman–Crippen LogP) is 2.03. The van der Waals surface area contributed by atoms with Gasteiger partial charge in [0.2, 0.25) is 6.36 Å². The first-order chi connectivity index (χ1) is 5.25. The van der Waals surface area contributed by atoms with E-state index in [4.69, 9.17) is 5.11 Å².